The van der Waals surface area contributed by atoms with Crippen molar-refractivity contribution in [3.63, 3.8) is 0 Å². The van der Waals surface area contributed by atoms with Gasteiger partial charge in [-0.15, -0.1) is 0 Å². The molecule has 5 heteroatoms. The van der Waals surface area contributed by atoms with Gasteiger partial charge >= 0.3 is 0 Å². The number of nitrogens with one attached hydrogen (secondary N) is 1. The van der Waals surface area contributed by atoms with E-state index in [0.717, 1.165) is 19.3 Å². The van der Waals surface area contributed by atoms with Gasteiger partial charge in [0.2, 0.25) is 5.91 Å². The predicted octanol–water partition coefficient (Wildman–Crippen LogP) is 0.920. The van der Waals surface area contributed by atoms with Gasteiger partial charge in [0.1, 0.15) is 5.25 Å². The van der Waals surface area contributed by atoms with Crippen LogP contribution in [0, 0.1) is 0 Å². The van der Waals surface area contributed by atoms with E-state index in [-0.39, 0.29) is 11.9 Å². The Morgan fingerprint density at radius 1 is 1.47 bits per heavy atom. The highest BCUT2D eigenvalue weighted by atomic mass is 32.2. The molecule has 0 aromatic carbocycles. The number of hydrogen-bond donors (Lipinski definition) is 2. The lowest BCUT2D eigenvalue weighted by Gasteiger charge is -2.17. The molecule has 0 aromatic rings. The van der Waals surface area contributed by atoms with Crippen LogP contribution in [-0.4, -0.2) is 33.2 Å². The zero-order valence-corrected chi connectivity index (χ0v) is 11.6. The van der Waals surface area contributed by atoms with E-state index in [1.165, 1.54) is 12.8 Å². The second-order valence-corrected chi connectivity index (χ2v) is 6.65. The largest absolute Gasteiger partial charge is 0.352 e. The summed E-state index contributed by atoms with van der Waals surface area (Å²) in [5.74, 6) is 0.328. The number of nitrogens with two attached hydrogens (primary N) is 1. The number of amides is 1. The summed E-state index contributed by atoms with van der Waals surface area (Å²) in [6.45, 7) is 3.69. The van der Waals surface area contributed by atoms with Gasteiger partial charge in [0.15, 0.2) is 0 Å². The van der Waals surface area contributed by atoms with Crippen LogP contribution < -0.4 is 11.1 Å². The summed E-state index contributed by atoms with van der Waals surface area (Å²) in [4.78, 5) is 11.9. The summed E-state index contributed by atoms with van der Waals surface area (Å²) in [6.07, 6.45) is 5.27. The molecule has 0 aliphatic heterocycles. The maximum atomic E-state index is 11.9. The molecular formula is C12H24N2O2S. The Morgan fingerprint density at radius 3 is 2.59 bits per heavy atom. The van der Waals surface area contributed by atoms with E-state index >= 15 is 0 Å². The molecule has 1 amide bonds. The molecule has 0 aromatic heterocycles. The van der Waals surface area contributed by atoms with Crippen LogP contribution in [0.1, 0.15) is 46.0 Å². The van der Waals surface area contributed by atoms with Gasteiger partial charge < -0.3 is 11.1 Å². The van der Waals surface area contributed by atoms with Crippen LogP contribution in [0.5, 0.6) is 0 Å². The molecule has 0 radical (unpaired) electrons. The highest BCUT2D eigenvalue weighted by Gasteiger charge is 2.24. The fourth-order valence-electron chi connectivity index (χ4n) is 1.98. The van der Waals surface area contributed by atoms with Crippen LogP contribution in [-0.2, 0) is 15.6 Å². The van der Waals surface area contributed by atoms with Crippen LogP contribution in [0.4, 0.5) is 0 Å². The lowest BCUT2D eigenvalue weighted by Crippen LogP contribution is -2.42. The molecule has 1 aliphatic rings. The summed E-state index contributed by atoms with van der Waals surface area (Å²) in [6, 6.07) is 0.222. The van der Waals surface area contributed by atoms with Crippen LogP contribution in [0.2, 0.25) is 0 Å². The third-order valence-corrected chi connectivity index (χ3v) is 5.13. The Hall–Kier alpha value is -0.420. The average molecular weight is 260 g/mol. The van der Waals surface area contributed by atoms with Gasteiger partial charge in [0, 0.05) is 28.6 Å². The fourth-order valence-corrected chi connectivity index (χ4v) is 3.23. The van der Waals surface area contributed by atoms with E-state index in [9.17, 15) is 9.00 Å². The van der Waals surface area contributed by atoms with Crippen LogP contribution in [0.25, 0.3) is 0 Å². The molecule has 0 bridgehead atoms. The third kappa shape index (κ3) is 4.76. The summed E-state index contributed by atoms with van der Waals surface area (Å²) in [5, 5.41) is 2.53. The van der Waals surface area contributed by atoms with E-state index in [0.29, 0.717) is 11.8 Å². The molecule has 1 fully saturated rings. The van der Waals surface area contributed by atoms with E-state index in [4.69, 9.17) is 5.73 Å². The quantitative estimate of drug-likeness (QED) is 0.746. The van der Waals surface area contributed by atoms with Crippen molar-refractivity contribution in [3.05, 3.63) is 0 Å². The van der Waals surface area contributed by atoms with Crippen molar-refractivity contribution in [1.29, 1.82) is 0 Å². The minimum Gasteiger partial charge on any atom is -0.352 e. The van der Waals surface area contributed by atoms with Gasteiger partial charge in [-0.3, -0.25) is 9.00 Å². The lowest BCUT2D eigenvalue weighted by molar-refractivity contribution is -0.121. The molecular weight excluding hydrogens is 236 g/mol. The maximum Gasteiger partial charge on any atom is 0.235 e. The highest BCUT2D eigenvalue weighted by molar-refractivity contribution is 7.86. The van der Waals surface area contributed by atoms with E-state index in [1.54, 1.807) is 6.92 Å². The number of carbonyl (C=O) groups is 1. The van der Waals surface area contributed by atoms with E-state index in [2.05, 4.69) is 5.32 Å². The van der Waals surface area contributed by atoms with Gasteiger partial charge in [-0.2, -0.15) is 0 Å². The molecule has 100 valence electrons. The zero-order chi connectivity index (χ0) is 12.8. The third-order valence-electron chi connectivity index (χ3n) is 3.37. The monoisotopic (exact) mass is 260 g/mol. The molecule has 1 saturated carbocycles. The minimum atomic E-state index is -1.16. The first kappa shape index (κ1) is 14.6. The maximum absolute atomic E-state index is 11.9. The molecule has 1 aliphatic carbocycles. The highest BCUT2D eigenvalue weighted by Crippen LogP contribution is 2.17. The Labute approximate surface area is 106 Å². The normalized spacial score (nSPS) is 22.1. The second kappa shape index (κ2) is 7.11. The Kier molecular flexibility index (Phi) is 6.12. The SMILES string of the molecule is CCC(N)CS(=O)C(C)C(=O)NC1CCCC1. The molecule has 3 unspecified atom stereocenters. The lowest BCUT2D eigenvalue weighted by atomic mass is 10.2. The fraction of sp³-hybridized carbons (Fsp3) is 0.917. The number of hydrogen-bond acceptors (Lipinski definition) is 3. The molecule has 4 nitrogen and oxygen atoms in total. The number of carbonyl (C=O) groups excluding carboxylic acids is 1. The van der Waals surface area contributed by atoms with Crippen LogP contribution >= 0.6 is 0 Å². The first-order valence-electron chi connectivity index (χ1n) is 6.47. The van der Waals surface area contributed by atoms with Crippen molar-refractivity contribution in [2.24, 2.45) is 5.73 Å². The second-order valence-electron chi connectivity index (χ2n) is 4.85. The smallest absolute Gasteiger partial charge is 0.235 e. The van der Waals surface area contributed by atoms with Gasteiger partial charge in [0.25, 0.3) is 0 Å². The van der Waals surface area contributed by atoms with Gasteiger partial charge in [-0.1, -0.05) is 19.8 Å². The summed E-state index contributed by atoms with van der Waals surface area (Å²) in [5.41, 5.74) is 5.75. The molecule has 3 atom stereocenters. The Morgan fingerprint density at radius 2 is 2.06 bits per heavy atom. The van der Waals surface area contributed by atoms with Gasteiger partial charge in [0.05, 0.1) is 0 Å². The molecule has 0 heterocycles. The van der Waals surface area contributed by atoms with Crippen molar-refractivity contribution >= 4 is 16.7 Å². The Bertz CT molecular complexity index is 278. The average Bonchev–Trinajstić information content (AvgIpc) is 2.80. The van der Waals surface area contributed by atoms with E-state index in [1.807, 2.05) is 6.92 Å². The van der Waals surface area contributed by atoms with Gasteiger partial charge in [-0.25, -0.2) is 0 Å². The summed E-state index contributed by atoms with van der Waals surface area (Å²) in [7, 11) is -1.16. The predicted molar refractivity (Wildman–Crippen MR) is 71.1 cm³/mol. The first-order valence-corrected chi connectivity index (χ1v) is 7.86. The summed E-state index contributed by atoms with van der Waals surface area (Å²) < 4.78 is 11.9. The first-order chi connectivity index (χ1) is 8.04. The molecule has 17 heavy (non-hydrogen) atoms. The molecule has 3 N–H and O–H groups in total. The number of rotatable bonds is 6. The van der Waals surface area contributed by atoms with Crippen molar-refractivity contribution in [1.82, 2.24) is 5.32 Å². The van der Waals surface area contributed by atoms with Crippen LogP contribution in [0.15, 0.2) is 0 Å². The van der Waals surface area contributed by atoms with Crippen molar-refractivity contribution in [3.8, 4) is 0 Å². The standard InChI is InChI=1S/C12H24N2O2S/c1-3-10(13)8-17(16)9(2)12(15)14-11-6-4-5-7-11/h9-11H,3-8,13H2,1-2H3,(H,14,15). The van der Waals surface area contributed by atoms with Crippen molar-refractivity contribution < 1.29 is 9.00 Å². The summed E-state index contributed by atoms with van der Waals surface area (Å²) >= 11 is 0. The topological polar surface area (TPSA) is 72.2 Å². The van der Waals surface area contributed by atoms with Crippen molar-refractivity contribution in [2.75, 3.05) is 5.75 Å². The molecule has 1 rings (SSSR count). The Balaban J connectivity index is 2.36. The zero-order valence-electron chi connectivity index (χ0n) is 10.8. The molecule has 0 saturated heterocycles. The van der Waals surface area contributed by atoms with Crippen LogP contribution in [0.3, 0.4) is 0 Å². The van der Waals surface area contributed by atoms with Gasteiger partial charge in [-0.05, 0) is 26.2 Å². The molecule has 0 spiro atoms. The minimum absolute atomic E-state index is 0.0717. The van der Waals surface area contributed by atoms with E-state index < -0.39 is 16.0 Å². The van der Waals surface area contributed by atoms with Crippen molar-refractivity contribution in [2.45, 2.75) is 63.3 Å².